The zero-order valence-electron chi connectivity index (χ0n) is 9.10. The molecule has 0 unspecified atom stereocenters. The van der Waals surface area contributed by atoms with Crippen LogP contribution in [0.15, 0.2) is 24.5 Å². The van der Waals surface area contributed by atoms with Gasteiger partial charge in [0.2, 0.25) is 0 Å². The highest BCUT2D eigenvalue weighted by Gasteiger charge is 2.12. The second-order valence-electron chi connectivity index (χ2n) is 3.16. The van der Waals surface area contributed by atoms with Crippen LogP contribution < -0.4 is 11.1 Å². The second-order valence-corrected chi connectivity index (χ2v) is 3.55. The summed E-state index contributed by atoms with van der Waals surface area (Å²) in [6, 6.07) is 3.73. The summed E-state index contributed by atoms with van der Waals surface area (Å²) in [6.45, 7) is 3.12. The van der Waals surface area contributed by atoms with Crippen molar-refractivity contribution < 1.29 is 0 Å². The number of pyridine rings is 1. The zero-order valence-corrected chi connectivity index (χ0v) is 9.92. The lowest BCUT2D eigenvalue weighted by Gasteiger charge is -2.23. The summed E-state index contributed by atoms with van der Waals surface area (Å²) < 4.78 is 0. The van der Waals surface area contributed by atoms with Crippen molar-refractivity contribution in [2.45, 2.75) is 13.5 Å². The molecule has 0 aliphatic rings. The minimum absolute atomic E-state index is 0.0669. The van der Waals surface area contributed by atoms with Crippen LogP contribution in [0.5, 0.6) is 0 Å². The van der Waals surface area contributed by atoms with E-state index in [4.69, 9.17) is 23.4 Å². The van der Waals surface area contributed by atoms with E-state index in [0.29, 0.717) is 18.2 Å². The first-order valence-corrected chi connectivity index (χ1v) is 5.34. The zero-order chi connectivity index (χ0) is 12.0. The topological polar surface area (TPSA) is 78.0 Å². The van der Waals surface area contributed by atoms with E-state index >= 15 is 0 Å². The first-order chi connectivity index (χ1) is 7.65. The highest BCUT2D eigenvalue weighted by Crippen LogP contribution is 2.02. The van der Waals surface area contributed by atoms with Crippen LogP contribution in [0, 0.1) is 5.41 Å². The van der Waals surface area contributed by atoms with E-state index < -0.39 is 0 Å². The summed E-state index contributed by atoms with van der Waals surface area (Å²) in [4.78, 5) is 5.46. The van der Waals surface area contributed by atoms with Gasteiger partial charge < -0.3 is 11.1 Å². The van der Waals surface area contributed by atoms with Crippen molar-refractivity contribution in [3.8, 4) is 0 Å². The van der Waals surface area contributed by atoms with E-state index in [2.05, 4.69) is 10.3 Å². The smallest absolute Gasteiger partial charge is 0.195 e. The van der Waals surface area contributed by atoms with E-state index in [0.717, 1.165) is 5.56 Å². The molecule has 0 fully saturated rings. The van der Waals surface area contributed by atoms with Gasteiger partial charge in [0.15, 0.2) is 11.1 Å². The Morgan fingerprint density at radius 2 is 2.19 bits per heavy atom. The Morgan fingerprint density at radius 1 is 1.56 bits per heavy atom. The van der Waals surface area contributed by atoms with Gasteiger partial charge in [-0.1, -0.05) is 0 Å². The fourth-order valence-electron chi connectivity index (χ4n) is 1.18. The predicted octanol–water partition coefficient (Wildman–Crippen LogP) is 0.671. The lowest BCUT2D eigenvalue weighted by molar-refractivity contribution is 0.578. The number of nitrogens with zero attached hydrogens (tertiary/aromatic N) is 2. The maximum absolute atomic E-state index is 7.47. The molecule has 86 valence electrons. The molecule has 0 aromatic carbocycles. The Labute approximate surface area is 100 Å². The van der Waals surface area contributed by atoms with Crippen molar-refractivity contribution >= 4 is 23.3 Å². The molecule has 1 aromatic heterocycles. The molecule has 6 heteroatoms. The molecule has 0 radical (unpaired) electrons. The fourth-order valence-corrected chi connectivity index (χ4v) is 1.49. The standard InChI is InChI=1S/C10H15N5S/c1-2-14-10(16)15(9(11)12)7-8-3-5-13-6-4-8/h3-6H,2,7H2,1H3,(H3,11,12)(H,14,16). The first kappa shape index (κ1) is 12.4. The van der Waals surface area contributed by atoms with Crippen LogP contribution in [0.1, 0.15) is 12.5 Å². The number of hydrogen-bond donors (Lipinski definition) is 3. The summed E-state index contributed by atoms with van der Waals surface area (Å²) in [5, 5.41) is 10.9. The summed E-state index contributed by atoms with van der Waals surface area (Å²) in [5.41, 5.74) is 6.49. The number of hydrogen-bond acceptors (Lipinski definition) is 3. The van der Waals surface area contributed by atoms with Gasteiger partial charge in [-0.25, -0.2) is 0 Å². The van der Waals surface area contributed by atoms with Crippen molar-refractivity contribution in [2.24, 2.45) is 5.73 Å². The normalized spacial score (nSPS) is 9.56. The van der Waals surface area contributed by atoms with Crippen molar-refractivity contribution in [2.75, 3.05) is 6.54 Å². The van der Waals surface area contributed by atoms with Gasteiger partial charge in [0, 0.05) is 18.9 Å². The highest BCUT2D eigenvalue weighted by molar-refractivity contribution is 7.80. The van der Waals surface area contributed by atoms with Crippen LogP contribution in [0.2, 0.25) is 0 Å². The molecule has 0 atom stereocenters. The van der Waals surface area contributed by atoms with Crippen LogP contribution in [-0.4, -0.2) is 27.5 Å². The van der Waals surface area contributed by atoms with Gasteiger partial charge in [-0.2, -0.15) is 0 Å². The van der Waals surface area contributed by atoms with Gasteiger partial charge >= 0.3 is 0 Å². The van der Waals surface area contributed by atoms with Crippen LogP contribution in [-0.2, 0) is 6.54 Å². The number of thiocarbonyl (C=S) groups is 1. The molecular formula is C10H15N5S. The summed E-state index contributed by atoms with van der Waals surface area (Å²) in [6.07, 6.45) is 3.40. The number of rotatable bonds is 3. The third-order valence-corrected chi connectivity index (χ3v) is 2.32. The van der Waals surface area contributed by atoms with Crippen LogP contribution >= 0.6 is 12.2 Å². The third kappa shape index (κ3) is 3.47. The maximum Gasteiger partial charge on any atom is 0.195 e. The van der Waals surface area contributed by atoms with Gasteiger partial charge in [0.25, 0.3) is 0 Å². The minimum Gasteiger partial charge on any atom is -0.370 e. The van der Waals surface area contributed by atoms with E-state index in [-0.39, 0.29) is 5.96 Å². The Balaban J connectivity index is 2.73. The van der Waals surface area contributed by atoms with E-state index in [1.807, 2.05) is 19.1 Å². The molecule has 1 rings (SSSR count). The van der Waals surface area contributed by atoms with E-state index in [1.54, 1.807) is 12.4 Å². The molecule has 1 aromatic rings. The van der Waals surface area contributed by atoms with E-state index in [9.17, 15) is 0 Å². The molecule has 0 bridgehead atoms. The lowest BCUT2D eigenvalue weighted by Crippen LogP contribution is -2.46. The van der Waals surface area contributed by atoms with Crippen LogP contribution in [0.4, 0.5) is 0 Å². The third-order valence-electron chi connectivity index (χ3n) is 1.95. The molecule has 0 saturated heterocycles. The van der Waals surface area contributed by atoms with Gasteiger partial charge in [-0.05, 0) is 36.8 Å². The number of guanidine groups is 1. The lowest BCUT2D eigenvalue weighted by atomic mass is 10.2. The monoisotopic (exact) mass is 237 g/mol. The van der Waals surface area contributed by atoms with Gasteiger partial charge in [-0.3, -0.25) is 15.3 Å². The Bertz CT molecular complexity index is 365. The quantitative estimate of drug-likeness (QED) is 0.409. The first-order valence-electron chi connectivity index (χ1n) is 4.93. The number of aromatic nitrogens is 1. The molecular weight excluding hydrogens is 222 g/mol. The summed E-state index contributed by atoms with van der Waals surface area (Å²) in [7, 11) is 0. The van der Waals surface area contributed by atoms with Crippen molar-refractivity contribution in [1.29, 1.82) is 5.41 Å². The Morgan fingerprint density at radius 3 is 2.69 bits per heavy atom. The van der Waals surface area contributed by atoms with E-state index in [1.165, 1.54) is 4.90 Å². The van der Waals surface area contributed by atoms with Crippen LogP contribution in [0.25, 0.3) is 0 Å². The fraction of sp³-hybridized carbons (Fsp3) is 0.300. The van der Waals surface area contributed by atoms with Crippen molar-refractivity contribution in [3.05, 3.63) is 30.1 Å². The molecule has 1 heterocycles. The molecule has 4 N–H and O–H groups in total. The molecule has 16 heavy (non-hydrogen) atoms. The SMILES string of the molecule is CCNC(=S)N(Cc1ccncc1)C(=N)N. The number of nitrogens with two attached hydrogens (primary N) is 1. The molecule has 0 amide bonds. The molecule has 0 aliphatic carbocycles. The predicted molar refractivity (Wildman–Crippen MR) is 68.0 cm³/mol. The van der Waals surface area contributed by atoms with Crippen molar-refractivity contribution in [1.82, 2.24) is 15.2 Å². The molecule has 0 saturated carbocycles. The largest absolute Gasteiger partial charge is 0.370 e. The Hall–Kier alpha value is -1.69. The summed E-state index contributed by atoms with van der Waals surface area (Å²) >= 11 is 5.13. The average Bonchev–Trinajstić information content (AvgIpc) is 2.27. The molecule has 0 aliphatic heterocycles. The highest BCUT2D eigenvalue weighted by atomic mass is 32.1. The molecule has 5 nitrogen and oxygen atoms in total. The Kier molecular flexibility index (Phi) is 4.65. The van der Waals surface area contributed by atoms with Crippen molar-refractivity contribution in [3.63, 3.8) is 0 Å². The van der Waals surface area contributed by atoms with Gasteiger partial charge in [-0.15, -0.1) is 0 Å². The molecule has 0 spiro atoms. The average molecular weight is 237 g/mol. The second kappa shape index (κ2) is 6.02. The maximum atomic E-state index is 7.47. The minimum atomic E-state index is -0.0669. The van der Waals surface area contributed by atoms with Crippen LogP contribution in [0.3, 0.4) is 0 Å². The van der Waals surface area contributed by atoms with Gasteiger partial charge in [0.1, 0.15) is 0 Å². The summed E-state index contributed by atoms with van der Waals surface area (Å²) in [5.74, 6) is -0.0669. The van der Waals surface area contributed by atoms with Gasteiger partial charge in [0.05, 0.1) is 6.54 Å². The number of nitrogens with one attached hydrogen (secondary N) is 2.